The molecule has 0 radical (unpaired) electrons. The van der Waals surface area contributed by atoms with Crippen LogP contribution in [0.4, 0.5) is 0 Å². The van der Waals surface area contributed by atoms with Crippen LogP contribution < -0.4 is 0 Å². The predicted molar refractivity (Wildman–Crippen MR) is 85.0 cm³/mol. The van der Waals surface area contributed by atoms with E-state index in [1.54, 1.807) is 6.20 Å². The van der Waals surface area contributed by atoms with Gasteiger partial charge < -0.3 is 0 Å². The fourth-order valence-corrected chi connectivity index (χ4v) is 3.27. The van der Waals surface area contributed by atoms with Crippen LogP contribution in [0.25, 0.3) is 22.4 Å². The number of nitrogens with zero attached hydrogens (tertiary/aromatic N) is 2. The van der Waals surface area contributed by atoms with Gasteiger partial charge in [0.15, 0.2) is 0 Å². The molecule has 2 heteroatoms. The summed E-state index contributed by atoms with van der Waals surface area (Å²) in [6.07, 6.45) is 5.66. The van der Waals surface area contributed by atoms with Gasteiger partial charge in [-0.1, -0.05) is 38.1 Å². The number of fused-ring (bicyclic) bond motifs is 3. The van der Waals surface area contributed by atoms with Gasteiger partial charge >= 0.3 is 0 Å². The van der Waals surface area contributed by atoms with Crippen molar-refractivity contribution in [2.75, 3.05) is 0 Å². The maximum Gasteiger partial charge on any atom is 0.0720 e. The van der Waals surface area contributed by atoms with Gasteiger partial charge in [0.05, 0.1) is 5.69 Å². The Hall–Kier alpha value is -2.48. The molecular formula is C19H16N2. The molecule has 0 amide bonds. The van der Waals surface area contributed by atoms with E-state index in [9.17, 15) is 0 Å². The third-order valence-electron chi connectivity index (χ3n) is 4.43. The zero-order valence-corrected chi connectivity index (χ0v) is 12.2. The van der Waals surface area contributed by atoms with Crippen molar-refractivity contribution in [3.8, 4) is 22.4 Å². The van der Waals surface area contributed by atoms with E-state index in [0.29, 0.717) is 0 Å². The fourth-order valence-electron chi connectivity index (χ4n) is 3.27. The van der Waals surface area contributed by atoms with Gasteiger partial charge in [0.2, 0.25) is 0 Å². The van der Waals surface area contributed by atoms with Gasteiger partial charge in [0.1, 0.15) is 0 Å². The van der Waals surface area contributed by atoms with E-state index in [4.69, 9.17) is 0 Å². The Morgan fingerprint density at radius 1 is 0.857 bits per heavy atom. The maximum absolute atomic E-state index is 4.65. The van der Waals surface area contributed by atoms with Gasteiger partial charge in [-0.25, -0.2) is 0 Å². The summed E-state index contributed by atoms with van der Waals surface area (Å²) in [6, 6.07) is 14.8. The average Bonchev–Trinajstić information content (AvgIpc) is 2.77. The second-order valence-electron chi connectivity index (χ2n) is 6.03. The number of aromatic nitrogens is 2. The number of benzene rings is 1. The standard InChI is InChI=1S/C19H16N2/c1-19(2)16-8-4-3-7-14(16)15-12-21-18(10-17(15)19)13-6-5-9-20-11-13/h3-12H,1-2H3. The molecule has 0 atom stereocenters. The lowest BCUT2D eigenvalue weighted by molar-refractivity contribution is 0.660. The minimum absolute atomic E-state index is 0.0197. The van der Waals surface area contributed by atoms with Gasteiger partial charge in [-0.15, -0.1) is 0 Å². The molecule has 0 bridgehead atoms. The van der Waals surface area contributed by atoms with Crippen LogP contribution in [0, 0.1) is 0 Å². The molecule has 0 aliphatic heterocycles. The van der Waals surface area contributed by atoms with Gasteiger partial charge in [-0.3, -0.25) is 9.97 Å². The Balaban J connectivity index is 1.94. The second kappa shape index (κ2) is 4.26. The van der Waals surface area contributed by atoms with E-state index in [-0.39, 0.29) is 5.41 Å². The van der Waals surface area contributed by atoms with E-state index in [1.807, 2.05) is 18.5 Å². The molecule has 2 nitrogen and oxygen atoms in total. The Morgan fingerprint density at radius 2 is 1.71 bits per heavy atom. The SMILES string of the molecule is CC1(C)c2ccccc2-c2cnc(-c3cccnc3)cc21. The van der Waals surface area contributed by atoms with E-state index in [1.165, 1.54) is 22.3 Å². The van der Waals surface area contributed by atoms with Crippen LogP contribution in [0.2, 0.25) is 0 Å². The summed E-state index contributed by atoms with van der Waals surface area (Å²) < 4.78 is 0. The summed E-state index contributed by atoms with van der Waals surface area (Å²) in [4.78, 5) is 8.84. The molecule has 1 aliphatic rings. The van der Waals surface area contributed by atoms with E-state index in [0.717, 1.165) is 11.3 Å². The minimum Gasteiger partial charge on any atom is -0.264 e. The van der Waals surface area contributed by atoms with E-state index < -0.39 is 0 Å². The Morgan fingerprint density at radius 3 is 2.52 bits per heavy atom. The largest absolute Gasteiger partial charge is 0.264 e. The normalized spacial score (nSPS) is 14.6. The van der Waals surface area contributed by atoms with Crippen LogP contribution in [0.15, 0.2) is 61.1 Å². The average molecular weight is 272 g/mol. The molecular weight excluding hydrogens is 256 g/mol. The van der Waals surface area contributed by atoms with Crippen LogP contribution in [0.1, 0.15) is 25.0 Å². The predicted octanol–water partition coefficient (Wildman–Crippen LogP) is 4.45. The summed E-state index contributed by atoms with van der Waals surface area (Å²) in [7, 11) is 0. The first-order valence-electron chi connectivity index (χ1n) is 7.19. The summed E-state index contributed by atoms with van der Waals surface area (Å²) >= 11 is 0. The molecule has 0 fully saturated rings. The molecule has 2 aromatic heterocycles. The highest BCUT2D eigenvalue weighted by Gasteiger charge is 2.35. The van der Waals surface area contributed by atoms with Crippen molar-refractivity contribution < 1.29 is 0 Å². The molecule has 3 aromatic rings. The van der Waals surface area contributed by atoms with Crippen LogP contribution in [0.5, 0.6) is 0 Å². The Bertz CT molecular complexity index is 820. The lowest BCUT2D eigenvalue weighted by atomic mass is 9.82. The Labute approximate surface area is 124 Å². The molecule has 1 aliphatic carbocycles. The van der Waals surface area contributed by atoms with Crippen molar-refractivity contribution >= 4 is 0 Å². The van der Waals surface area contributed by atoms with Crippen molar-refractivity contribution in [3.05, 3.63) is 72.2 Å². The molecule has 1 aromatic carbocycles. The van der Waals surface area contributed by atoms with Crippen LogP contribution in [-0.2, 0) is 5.41 Å². The topological polar surface area (TPSA) is 25.8 Å². The summed E-state index contributed by atoms with van der Waals surface area (Å²) in [5.74, 6) is 0. The van der Waals surface area contributed by atoms with E-state index in [2.05, 4.69) is 60.2 Å². The highest BCUT2D eigenvalue weighted by molar-refractivity contribution is 5.81. The van der Waals surface area contributed by atoms with Gasteiger partial charge in [-0.2, -0.15) is 0 Å². The van der Waals surface area contributed by atoms with Gasteiger partial charge in [-0.05, 0) is 34.9 Å². The minimum atomic E-state index is 0.0197. The monoisotopic (exact) mass is 272 g/mol. The molecule has 2 heterocycles. The highest BCUT2D eigenvalue weighted by atomic mass is 14.7. The molecule has 0 unspecified atom stereocenters. The van der Waals surface area contributed by atoms with Crippen LogP contribution in [0.3, 0.4) is 0 Å². The van der Waals surface area contributed by atoms with Gasteiger partial charge in [0.25, 0.3) is 0 Å². The van der Waals surface area contributed by atoms with Crippen molar-refractivity contribution in [3.63, 3.8) is 0 Å². The Kier molecular flexibility index (Phi) is 2.49. The van der Waals surface area contributed by atoms with Crippen LogP contribution in [-0.4, -0.2) is 9.97 Å². The molecule has 102 valence electrons. The molecule has 4 rings (SSSR count). The lowest BCUT2D eigenvalue weighted by Crippen LogP contribution is -2.15. The third kappa shape index (κ3) is 1.72. The van der Waals surface area contributed by atoms with Crippen molar-refractivity contribution in [1.29, 1.82) is 0 Å². The zero-order chi connectivity index (χ0) is 14.4. The first-order valence-corrected chi connectivity index (χ1v) is 7.19. The van der Waals surface area contributed by atoms with Crippen molar-refractivity contribution in [1.82, 2.24) is 9.97 Å². The molecule has 0 saturated heterocycles. The first-order chi connectivity index (χ1) is 10.2. The number of hydrogen-bond acceptors (Lipinski definition) is 2. The summed E-state index contributed by atoms with van der Waals surface area (Å²) in [5.41, 5.74) is 7.36. The second-order valence-corrected chi connectivity index (χ2v) is 6.03. The van der Waals surface area contributed by atoms with Crippen molar-refractivity contribution in [2.24, 2.45) is 0 Å². The number of pyridine rings is 2. The van der Waals surface area contributed by atoms with E-state index >= 15 is 0 Å². The maximum atomic E-state index is 4.65. The fraction of sp³-hybridized carbons (Fsp3) is 0.158. The summed E-state index contributed by atoms with van der Waals surface area (Å²) in [5, 5.41) is 0. The highest BCUT2D eigenvalue weighted by Crippen LogP contribution is 2.48. The number of hydrogen-bond donors (Lipinski definition) is 0. The molecule has 0 N–H and O–H groups in total. The van der Waals surface area contributed by atoms with Crippen LogP contribution >= 0.6 is 0 Å². The molecule has 21 heavy (non-hydrogen) atoms. The first kappa shape index (κ1) is 12.3. The zero-order valence-electron chi connectivity index (χ0n) is 12.2. The summed E-state index contributed by atoms with van der Waals surface area (Å²) in [6.45, 7) is 4.56. The quantitative estimate of drug-likeness (QED) is 0.654. The third-order valence-corrected chi connectivity index (χ3v) is 4.43. The van der Waals surface area contributed by atoms with Gasteiger partial charge in [0, 0.05) is 35.1 Å². The number of rotatable bonds is 1. The molecule has 0 saturated carbocycles. The van der Waals surface area contributed by atoms with Crippen molar-refractivity contribution in [2.45, 2.75) is 19.3 Å². The lowest BCUT2D eigenvalue weighted by Gasteiger charge is -2.21. The smallest absolute Gasteiger partial charge is 0.0720 e. The molecule has 0 spiro atoms.